The molecule has 1 amide bonds. The molecule has 0 saturated heterocycles. The molecule has 1 aromatic heterocycles. The van der Waals surface area contributed by atoms with Crippen molar-refractivity contribution >= 4 is 28.5 Å². The lowest BCUT2D eigenvalue weighted by atomic mass is 10.0. The highest BCUT2D eigenvalue weighted by Gasteiger charge is 2.15. The number of nitrogens with one attached hydrogen (secondary N) is 1. The predicted molar refractivity (Wildman–Crippen MR) is 118 cm³/mol. The van der Waals surface area contributed by atoms with Crippen LogP contribution in [0.5, 0.6) is 11.5 Å². The van der Waals surface area contributed by atoms with Gasteiger partial charge in [-0.2, -0.15) is 0 Å². The van der Waals surface area contributed by atoms with E-state index in [-0.39, 0.29) is 13.0 Å². The summed E-state index contributed by atoms with van der Waals surface area (Å²) in [6, 6.07) is 9.04. The summed E-state index contributed by atoms with van der Waals surface area (Å²) in [5, 5.41) is 3.57. The first kappa shape index (κ1) is 22.2. The quantitative estimate of drug-likeness (QED) is 0.505. The third kappa shape index (κ3) is 5.57. The van der Waals surface area contributed by atoms with Gasteiger partial charge in [0.1, 0.15) is 5.58 Å². The molecule has 0 spiro atoms. The van der Waals surface area contributed by atoms with Gasteiger partial charge in [0.2, 0.25) is 0 Å². The number of esters is 1. The Morgan fingerprint density at radius 2 is 1.68 bits per heavy atom. The SMILES string of the molecule is CCOc1ccc(NC(=O)COC(=O)Cc2coc3cc(C)c(C)cc23)cc1OCC. The lowest BCUT2D eigenvalue weighted by Gasteiger charge is -2.13. The van der Waals surface area contributed by atoms with E-state index < -0.39 is 11.9 Å². The summed E-state index contributed by atoms with van der Waals surface area (Å²) in [5.74, 6) is 0.198. The maximum absolute atomic E-state index is 12.2. The molecule has 31 heavy (non-hydrogen) atoms. The Labute approximate surface area is 181 Å². The van der Waals surface area contributed by atoms with E-state index in [2.05, 4.69) is 5.32 Å². The molecular formula is C24H27NO6. The van der Waals surface area contributed by atoms with Crippen LogP contribution in [0.4, 0.5) is 5.69 Å². The molecule has 0 aliphatic carbocycles. The molecule has 1 heterocycles. The van der Waals surface area contributed by atoms with Gasteiger partial charge in [0.05, 0.1) is 25.9 Å². The van der Waals surface area contributed by atoms with Crippen LogP contribution in [0.15, 0.2) is 41.0 Å². The molecule has 0 aliphatic rings. The zero-order valence-corrected chi connectivity index (χ0v) is 18.2. The van der Waals surface area contributed by atoms with Crippen LogP contribution in [-0.4, -0.2) is 31.7 Å². The maximum atomic E-state index is 12.2. The molecule has 0 radical (unpaired) electrons. The molecule has 0 atom stereocenters. The van der Waals surface area contributed by atoms with Gasteiger partial charge in [0.15, 0.2) is 18.1 Å². The van der Waals surface area contributed by atoms with E-state index in [9.17, 15) is 9.59 Å². The molecule has 7 heteroatoms. The highest BCUT2D eigenvalue weighted by Crippen LogP contribution is 2.30. The number of hydrogen-bond donors (Lipinski definition) is 1. The molecule has 3 aromatic rings. The van der Waals surface area contributed by atoms with Crippen molar-refractivity contribution in [3.05, 3.63) is 53.3 Å². The lowest BCUT2D eigenvalue weighted by Crippen LogP contribution is -2.21. The number of ether oxygens (including phenoxy) is 3. The number of hydrogen-bond acceptors (Lipinski definition) is 6. The van der Waals surface area contributed by atoms with E-state index in [1.54, 1.807) is 24.5 Å². The number of furan rings is 1. The second kappa shape index (κ2) is 10.0. The van der Waals surface area contributed by atoms with E-state index in [1.807, 2.05) is 39.8 Å². The monoisotopic (exact) mass is 425 g/mol. The largest absolute Gasteiger partial charge is 0.490 e. The standard InChI is InChI=1S/C24H27NO6/c1-5-28-20-8-7-18(12-22(20)29-6-2)25-23(26)14-31-24(27)11-17-13-30-21-10-16(4)15(3)9-19(17)21/h7-10,12-13H,5-6,11,14H2,1-4H3,(H,25,26). The summed E-state index contributed by atoms with van der Waals surface area (Å²) in [6.07, 6.45) is 1.58. The number of carbonyl (C=O) groups excluding carboxylic acids is 2. The smallest absolute Gasteiger partial charge is 0.310 e. The first-order valence-electron chi connectivity index (χ1n) is 10.2. The van der Waals surface area contributed by atoms with Crippen LogP contribution in [0.1, 0.15) is 30.5 Å². The topological polar surface area (TPSA) is 87.0 Å². The van der Waals surface area contributed by atoms with Gasteiger partial charge in [0, 0.05) is 22.7 Å². The summed E-state index contributed by atoms with van der Waals surface area (Å²) in [5.41, 5.74) is 4.22. The van der Waals surface area contributed by atoms with Gasteiger partial charge in [-0.25, -0.2) is 0 Å². The Kier molecular flexibility index (Phi) is 7.18. The van der Waals surface area contributed by atoms with Gasteiger partial charge in [0.25, 0.3) is 5.91 Å². The third-order valence-electron chi connectivity index (χ3n) is 4.80. The van der Waals surface area contributed by atoms with Crippen molar-refractivity contribution in [2.24, 2.45) is 0 Å². The lowest BCUT2D eigenvalue weighted by molar-refractivity contribution is -0.146. The molecule has 0 bridgehead atoms. The Morgan fingerprint density at radius 1 is 0.968 bits per heavy atom. The number of anilines is 1. The van der Waals surface area contributed by atoms with Crippen molar-refractivity contribution in [1.29, 1.82) is 0 Å². The Morgan fingerprint density at radius 3 is 2.42 bits per heavy atom. The molecule has 3 rings (SSSR count). The van der Waals surface area contributed by atoms with Crippen LogP contribution in [0.3, 0.4) is 0 Å². The molecule has 0 aliphatic heterocycles. The van der Waals surface area contributed by atoms with Crippen LogP contribution >= 0.6 is 0 Å². The van der Waals surface area contributed by atoms with Gasteiger partial charge in [-0.1, -0.05) is 0 Å². The third-order valence-corrected chi connectivity index (χ3v) is 4.80. The van der Waals surface area contributed by atoms with Crippen LogP contribution < -0.4 is 14.8 Å². The summed E-state index contributed by atoms with van der Waals surface area (Å²) in [4.78, 5) is 24.5. The predicted octanol–water partition coefficient (Wildman–Crippen LogP) is 4.57. The van der Waals surface area contributed by atoms with Crippen molar-refractivity contribution in [1.82, 2.24) is 0 Å². The van der Waals surface area contributed by atoms with Gasteiger partial charge in [-0.15, -0.1) is 0 Å². The number of aryl methyl sites for hydroxylation is 2. The highest BCUT2D eigenvalue weighted by atomic mass is 16.5. The average molecular weight is 425 g/mol. The van der Waals surface area contributed by atoms with Gasteiger partial charge in [-0.3, -0.25) is 9.59 Å². The maximum Gasteiger partial charge on any atom is 0.310 e. The van der Waals surface area contributed by atoms with Gasteiger partial charge in [-0.05, 0) is 63.1 Å². The number of fused-ring (bicyclic) bond motifs is 1. The van der Waals surface area contributed by atoms with E-state index in [1.165, 1.54) is 0 Å². The van der Waals surface area contributed by atoms with E-state index in [0.717, 1.165) is 27.7 Å². The Bertz CT molecular complexity index is 1090. The summed E-state index contributed by atoms with van der Waals surface area (Å²) in [6.45, 7) is 8.35. The first-order chi connectivity index (χ1) is 14.9. The highest BCUT2D eigenvalue weighted by molar-refractivity contribution is 5.93. The Hall–Kier alpha value is -3.48. The molecule has 0 saturated carbocycles. The molecule has 2 aromatic carbocycles. The van der Waals surface area contributed by atoms with Crippen LogP contribution in [0.25, 0.3) is 11.0 Å². The first-order valence-corrected chi connectivity index (χ1v) is 10.2. The molecule has 7 nitrogen and oxygen atoms in total. The average Bonchev–Trinajstić information content (AvgIpc) is 3.10. The molecule has 0 fully saturated rings. The minimum Gasteiger partial charge on any atom is -0.490 e. The fourth-order valence-corrected chi connectivity index (χ4v) is 3.15. The number of carbonyl (C=O) groups is 2. The Balaban J connectivity index is 1.57. The van der Waals surface area contributed by atoms with E-state index >= 15 is 0 Å². The summed E-state index contributed by atoms with van der Waals surface area (Å²) in [7, 11) is 0. The molecule has 164 valence electrons. The van der Waals surface area contributed by atoms with Crippen molar-refractivity contribution in [2.75, 3.05) is 25.1 Å². The van der Waals surface area contributed by atoms with Crippen LogP contribution in [-0.2, 0) is 20.7 Å². The van der Waals surface area contributed by atoms with Crippen molar-refractivity contribution in [3.63, 3.8) is 0 Å². The van der Waals surface area contributed by atoms with E-state index in [4.69, 9.17) is 18.6 Å². The second-order valence-corrected chi connectivity index (χ2v) is 7.11. The zero-order valence-electron chi connectivity index (χ0n) is 18.2. The summed E-state index contributed by atoms with van der Waals surface area (Å²) >= 11 is 0. The second-order valence-electron chi connectivity index (χ2n) is 7.11. The van der Waals surface area contributed by atoms with Crippen LogP contribution in [0, 0.1) is 13.8 Å². The van der Waals surface area contributed by atoms with Crippen molar-refractivity contribution < 1.29 is 28.2 Å². The molecule has 0 unspecified atom stereocenters. The summed E-state index contributed by atoms with van der Waals surface area (Å²) < 4.78 is 21.7. The number of amides is 1. The zero-order chi connectivity index (χ0) is 22.4. The fraction of sp³-hybridized carbons (Fsp3) is 0.333. The minimum absolute atomic E-state index is 0.0281. The van der Waals surface area contributed by atoms with Crippen LogP contribution in [0.2, 0.25) is 0 Å². The minimum atomic E-state index is -0.502. The van der Waals surface area contributed by atoms with Crippen molar-refractivity contribution in [3.8, 4) is 11.5 Å². The van der Waals surface area contributed by atoms with E-state index in [0.29, 0.717) is 30.4 Å². The van der Waals surface area contributed by atoms with Crippen molar-refractivity contribution in [2.45, 2.75) is 34.1 Å². The van der Waals surface area contributed by atoms with Gasteiger partial charge < -0.3 is 23.9 Å². The molecule has 1 N–H and O–H groups in total. The fourth-order valence-electron chi connectivity index (χ4n) is 3.15. The molecular weight excluding hydrogens is 398 g/mol. The van der Waals surface area contributed by atoms with Gasteiger partial charge >= 0.3 is 5.97 Å². The number of rotatable bonds is 9. The number of benzene rings is 2. The normalized spacial score (nSPS) is 10.7.